The Morgan fingerprint density at radius 3 is 2.89 bits per heavy atom. The first-order valence-electron chi connectivity index (χ1n) is 7.76. The lowest BCUT2D eigenvalue weighted by molar-refractivity contribution is -0.115. The van der Waals surface area contributed by atoms with Crippen LogP contribution >= 0.6 is 23.5 Å². The Bertz CT molecular complexity index is 1120. The van der Waals surface area contributed by atoms with Crippen LogP contribution in [0.2, 0.25) is 0 Å². The lowest BCUT2D eigenvalue weighted by Crippen LogP contribution is -2.17. The summed E-state index contributed by atoms with van der Waals surface area (Å²) in [5.74, 6) is -0.103. The number of amides is 3. The Morgan fingerprint density at radius 2 is 2.15 bits per heavy atom. The summed E-state index contributed by atoms with van der Waals surface area (Å²) in [4.78, 5) is 41.8. The van der Waals surface area contributed by atoms with Crippen molar-refractivity contribution in [2.75, 3.05) is 5.32 Å². The van der Waals surface area contributed by atoms with Gasteiger partial charge in [-0.2, -0.15) is 0 Å². The van der Waals surface area contributed by atoms with Gasteiger partial charge in [0.05, 0.1) is 15.9 Å². The van der Waals surface area contributed by atoms with E-state index in [2.05, 4.69) is 20.6 Å². The number of H-pyrrole nitrogens is 1. The fraction of sp³-hybridized carbons (Fsp3) is 0.0588. The number of nitrogens with zero attached hydrogens (tertiary/aromatic N) is 1. The van der Waals surface area contributed by atoms with Gasteiger partial charge in [-0.1, -0.05) is 0 Å². The molecule has 3 amide bonds. The molecule has 0 spiro atoms. The molecule has 1 aliphatic rings. The van der Waals surface area contributed by atoms with Gasteiger partial charge in [-0.05, 0) is 53.9 Å². The van der Waals surface area contributed by atoms with Crippen LogP contribution in [0.25, 0.3) is 17.1 Å². The summed E-state index contributed by atoms with van der Waals surface area (Å²) in [6.07, 6.45) is 1.52. The van der Waals surface area contributed by atoms with Gasteiger partial charge < -0.3 is 14.7 Å². The van der Waals surface area contributed by atoms with Gasteiger partial charge in [0.25, 0.3) is 11.1 Å². The fourth-order valence-electron chi connectivity index (χ4n) is 2.43. The van der Waals surface area contributed by atoms with E-state index in [1.165, 1.54) is 24.8 Å². The number of nitrogens with one attached hydrogen (secondary N) is 3. The second kappa shape index (κ2) is 6.97. The summed E-state index contributed by atoms with van der Waals surface area (Å²) in [7, 11) is 0. The normalized spacial score (nSPS) is 15.5. The largest absolute Gasteiger partial charge is 0.450 e. The molecule has 1 aromatic carbocycles. The highest BCUT2D eigenvalue weighted by Crippen LogP contribution is 2.31. The maximum atomic E-state index is 11.6. The molecule has 8 nitrogen and oxygen atoms in total. The summed E-state index contributed by atoms with van der Waals surface area (Å²) in [5, 5.41) is 5.73. The predicted octanol–water partition coefficient (Wildman–Crippen LogP) is 3.59. The monoisotopic (exact) mass is 400 g/mol. The van der Waals surface area contributed by atoms with Crippen LogP contribution in [-0.4, -0.2) is 27.0 Å². The average Bonchev–Trinajstić information content (AvgIpc) is 3.27. The number of anilines is 1. The molecule has 27 heavy (non-hydrogen) atoms. The molecule has 2 aromatic heterocycles. The summed E-state index contributed by atoms with van der Waals surface area (Å²) in [5.41, 5.74) is 2.23. The number of carbonyl (C=O) groups excluding carboxylic acids is 3. The van der Waals surface area contributed by atoms with Crippen LogP contribution in [0.3, 0.4) is 0 Å². The molecule has 4 rings (SSSR count). The quantitative estimate of drug-likeness (QED) is 0.573. The Balaban J connectivity index is 1.52. The molecule has 0 atom stereocenters. The van der Waals surface area contributed by atoms with Crippen molar-refractivity contribution in [3.63, 3.8) is 0 Å². The van der Waals surface area contributed by atoms with Gasteiger partial charge in [-0.25, -0.2) is 4.98 Å². The molecule has 0 bridgehead atoms. The molecule has 0 aliphatic carbocycles. The molecule has 1 saturated heterocycles. The summed E-state index contributed by atoms with van der Waals surface area (Å²) in [6.45, 7) is 1.45. The summed E-state index contributed by atoms with van der Waals surface area (Å²) >= 11 is 2.13. The molecule has 0 radical (unpaired) electrons. The van der Waals surface area contributed by atoms with Crippen molar-refractivity contribution in [2.45, 2.75) is 17.2 Å². The maximum absolute atomic E-state index is 11.6. The Morgan fingerprint density at radius 1 is 1.30 bits per heavy atom. The summed E-state index contributed by atoms with van der Waals surface area (Å²) in [6, 6.07) is 8.86. The first-order valence-corrected chi connectivity index (χ1v) is 9.39. The number of fused-ring (bicyclic) bond motifs is 1. The Labute approximate surface area is 161 Å². The maximum Gasteiger partial charge on any atom is 0.290 e. The minimum absolute atomic E-state index is 0.142. The molecule has 3 heterocycles. The molecule has 0 saturated carbocycles. The third-order valence-electron chi connectivity index (χ3n) is 3.50. The highest BCUT2D eigenvalue weighted by atomic mass is 32.2. The fourth-order valence-corrected chi connectivity index (χ4v) is 3.86. The second-order valence-electron chi connectivity index (χ2n) is 5.57. The smallest absolute Gasteiger partial charge is 0.290 e. The van der Waals surface area contributed by atoms with Gasteiger partial charge >= 0.3 is 0 Å². The molecule has 136 valence electrons. The first kappa shape index (κ1) is 17.4. The average molecular weight is 400 g/mol. The van der Waals surface area contributed by atoms with E-state index in [0.717, 1.165) is 22.8 Å². The second-order valence-corrected chi connectivity index (χ2v) is 7.57. The first-order chi connectivity index (χ1) is 13.0. The number of aromatic nitrogens is 2. The molecule has 1 aliphatic heterocycles. The van der Waals surface area contributed by atoms with E-state index in [-0.39, 0.29) is 5.91 Å². The van der Waals surface area contributed by atoms with E-state index in [1.54, 1.807) is 24.3 Å². The van der Waals surface area contributed by atoms with Crippen LogP contribution in [0.1, 0.15) is 12.7 Å². The van der Waals surface area contributed by atoms with Crippen LogP contribution < -0.4 is 10.6 Å². The SMILES string of the molecule is CC(=O)Nc1ccc2nc(Sc3ccc(/C=C4\SC(=O)NC4=O)o3)[nH]c2c1. The predicted molar refractivity (Wildman–Crippen MR) is 102 cm³/mol. The Hall–Kier alpha value is -2.98. The molecule has 0 unspecified atom stereocenters. The standard InChI is InChI=1S/C17H12N4O4S2/c1-8(22)18-9-2-4-11-12(6-9)20-16(19-11)27-14-5-3-10(25-14)7-13-15(23)21-17(24)26-13/h2-7H,1H3,(H,18,22)(H,19,20)(H,21,23,24)/b13-7-. The number of furan rings is 1. The number of thioether (sulfide) groups is 1. The molecule has 10 heteroatoms. The van der Waals surface area contributed by atoms with Crippen LogP contribution in [-0.2, 0) is 9.59 Å². The number of imide groups is 1. The van der Waals surface area contributed by atoms with Crippen LogP contribution in [0.4, 0.5) is 10.5 Å². The number of aromatic amines is 1. The number of rotatable bonds is 4. The molecular formula is C17H12N4O4S2. The van der Waals surface area contributed by atoms with E-state index >= 15 is 0 Å². The number of imidazole rings is 1. The lowest BCUT2D eigenvalue weighted by atomic mass is 10.3. The number of hydrogen-bond donors (Lipinski definition) is 3. The van der Waals surface area contributed by atoms with E-state index < -0.39 is 11.1 Å². The Kier molecular flexibility index (Phi) is 4.50. The highest BCUT2D eigenvalue weighted by molar-refractivity contribution is 8.18. The molecular weight excluding hydrogens is 388 g/mol. The topological polar surface area (TPSA) is 117 Å². The van der Waals surface area contributed by atoms with Crippen molar-refractivity contribution in [1.82, 2.24) is 15.3 Å². The van der Waals surface area contributed by atoms with Gasteiger partial charge in [0.15, 0.2) is 10.2 Å². The number of carbonyl (C=O) groups is 3. The molecule has 3 N–H and O–H groups in total. The number of benzene rings is 1. The van der Waals surface area contributed by atoms with Gasteiger partial charge in [0, 0.05) is 18.7 Å². The molecule has 3 aromatic rings. The van der Waals surface area contributed by atoms with Crippen molar-refractivity contribution in [3.8, 4) is 0 Å². The minimum atomic E-state index is -0.428. The van der Waals surface area contributed by atoms with Crippen molar-refractivity contribution in [3.05, 3.63) is 41.0 Å². The third kappa shape index (κ3) is 3.91. The van der Waals surface area contributed by atoms with E-state index in [1.807, 2.05) is 6.07 Å². The van der Waals surface area contributed by atoms with E-state index in [0.29, 0.717) is 26.6 Å². The third-order valence-corrected chi connectivity index (χ3v) is 5.11. The highest BCUT2D eigenvalue weighted by Gasteiger charge is 2.25. The van der Waals surface area contributed by atoms with Gasteiger partial charge in [-0.3, -0.25) is 19.7 Å². The van der Waals surface area contributed by atoms with Gasteiger partial charge in [0.2, 0.25) is 5.91 Å². The zero-order valence-corrected chi connectivity index (χ0v) is 15.5. The van der Waals surface area contributed by atoms with Gasteiger partial charge in [0.1, 0.15) is 5.76 Å². The van der Waals surface area contributed by atoms with Crippen LogP contribution in [0.5, 0.6) is 0 Å². The van der Waals surface area contributed by atoms with Crippen molar-refractivity contribution >= 4 is 63.4 Å². The van der Waals surface area contributed by atoms with Crippen molar-refractivity contribution in [1.29, 1.82) is 0 Å². The van der Waals surface area contributed by atoms with E-state index in [4.69, 9.17) is 4.42 Å². The lowest BCUT2D eigenvalue weighted by Gasteiger charge is -2.00. The molecule has 1 fully saturated rings. The number of hydrogen-bond acceptors (Lipinski definition) is 7. The van der Waals surface area contributed by atoms with Crippen molar-refractivity contribution in [2.24, 2.45) is 0 Å². The van der Waals surface area contributed by atoms with Crippen LogP contribution in [0, 0.1) is 0 Å². The van der Waals surface area contributed by atoms with Crippen LogP contribution in [0.15, 0.2) is 49.9 Å². The minimum Gasteiger partial charge on any atom is -0.450 e. The van der Waals surface area contributed by atoms with Gasteiger partial charge in [-0.15, -0.1) is 0 Å². The summed E-state index contributed by atoms with van der Waals surface area (Å²) < 4.78 is 5.67. The zero-order valence-electron chi connectivity index (χ0n) is 13.9. The van der Waals surface area contributed by atoms with E-state index in [9.17, 15) is 14.4 Å². The van der Waals surface area contributed by atoms with Crippen molar-refractivity contribution < 1.29 is 18.8 Å². The zero-order chi connectivity index (χ0) is 19.0.